The van der Waals surface area contributed by atoms with Crippen LogP contribution < -0.4 is 5.32 Å². The summed E-state index contributed by atoms with van der Waals surface area (Å²) in [5, 5.41) is 11.0. The van der Waals surface area contributed by atoms with Gasteiger partial charge in [-0.05, 0) is 12.1 Å². The van der Waals surface area contributed by atoms with E-state index in [0.29, 0.717) is 5.56 Å². The third-order valence-electron chi connectivity index (χ3n) is 2.02. The van der Waals surface area contributed by atoms with Gasteiger partial charge in [0.05, 0.1) is 12.1 Å². The lowest BCUT2D eigenvalue weighted by Gasteiger charge is -2.10. The third-order valence-corrected chi connectivity index (χ3v) is 2.02. The molecular formula is C11H12N4O2. The fourth-order valence-electron chi connectivity index (χ4n) is 0.999. The number of carbonyl (C=O) groups excluding carboxylic acids is 2. The van der Waals surface area contributed by atoms with E-state index in [-0.39, 0.29) is 18.1 Å². The Morgan fingerprint density at radius 3 is 2.65 bits per heavy atom. The van der Waals surface area contributed by atoms with E-state index in [1.165, 1.54) is 23.2 Å². The van der Waals surface area contributed by atoms with Crippen molar-refractivity contribution >= 4 is 11.8 Å². The van der Waals surface area contributed by atoms with Crippen molar-refractivity contribution < 1.29 is 9.59 Å². The second kappa shape index (κ2) is 5.61. The van der Waals surface area contributed by atoms with Crippen LogP contribution >= 0.6 is 0 Å². The van der Waals surface area contributed by atoms with Gasteiger partial charge in [0.15, 0.2) is 0 Å². The van der Waals surface area contributed by atoms with Gasteiger partial charge in [-0.2, -0.15) is 5.26 Å². The Morgan fingerprint density at radius 1 is 1.47 bits per heavy atom. The van der Waals surface area contributed by atoms with E-state index in [9.17, 15) is 9.59 Å². The van der Waals surface area contributed by atoms with Crippen molar-refractivity contribution in [2.75, 3.05) is 20.6 Å². The highest BCUT2D eigenvalue weighted by Crippen LogP contribution is 1.98. The number of nitriles is 1. The normalized spacial score (nSPS) is 9.24. The SMILES string of the molecule is CN(C)C(=O)CNC(=O)c1ccc(C#N)cn1. The van der Waals surface area contributed by atoms with Crippen LogP contribution in [-0.4, -0.2) is 42.3 Å². The van der Waals surface area contributed by atoms with E-state index < -0.39 is 5.91 Å². The minimum Gasteiger partial charge on any atom is -0.347 e. The molecule has 0 atom stereocenters. The second-order valence-corrected chi connectivity index (χ2v) is 3.51. The van der Waals surface area contributed by atoms with Crippen LogP contribution in [0.2, 0.25) is 0 Å². The van der Waals surface area contributed by atoms with E-state index in [4.69, 9.17) is 5.26 Å². The molecule has 88 valence electrons. The van der Waals surface area contributed by atoms with Crippen molar-refractivity contribution in [3.63, 3.8) is 0 Å². The molecule has 1 heterocycles. The molecule has 0 spiro atoms. The summed E-state index contributed by atoms with van der Waals surface area (Å²) in [5.74, 6) is -0.642. The maximum Gasteiger partial charge on any atom is 0.270 e. The first-order valence-corrected chi connectivity index (χ1v) is 4.89. The Bertz CT molecular complexity index is 459. The first-order chi connectivity index (χ1) is 8.04. The van der Waals surface area contributed by atoms with Crippen LogP contribution in [0, 0.1) is 11.3 Å². The molecule has 1 N–H and O–H groups in total. The highest BCUT2D eigenvalue weighted by molar-refractivity contribution is 5.94. The van der Waals surface area contributed by atoms with Crippen molar-refractivity contribution in [3.05, 3.63) is 29.6 Å². The maximum atomic E-state index is 11.5. The predicted molar refractivity (Wildman–Crippen MR) is 60.0 cm³/mol. The van der Waals surface area contributed by atoms with Gasteiger partial charge in [0.2, 0.25) is 5.91 Å². The Kier molecular flexibility index (Phi) is 4.17. The van der Waals surface area contributed by atoms with Gasteiger partial charge in [-0.15, -0.1) is 0 Å². The van der Waals surface area contributed by atoms with Crippen LogP contribution in [-0.2, 0) is 4.79 Å². The summed E-state index contributed by atoms with van der Waals surface area (Å²) in [6, 6.07) is 4.84. The number of amides is 2. The first-order valence-electron chi connectivity index (χ1n) is 4.89. The molecule has 6 heteroatoms. The van der Waals surface area contributed by atoms with E-state index in [1.807, 2.05) is 6.07 Å². The van der Waals surface area contributed by atoms with Gasteiger partial charge < -0.3 is 10.2 Å². The van der Waals surface area contributed by atoms with Gasteiger partial charge >= 0.3 is 0 Å². The molecular weight excluding hydrogens is 220 g/mol. The highest BCUT2D eigenvalue weighted by atomic mass is 16.2. The van der Waals surface area contributed by atoms with E-state index in [0.717, 1.165) is 0 Å². The van der Waals surface area contributed by atoms with Crippen LogP contribution in [0.4, 0.5) is 0 Å². The number of nitrogens with one attached hydrogen (secondary N) is 1. The number of rotatable bonds is 3. The molecule has 6 nitrogen and oxygen atoms in total. The molecule has 0 unspecified atom stereocenters. The van der Waals surface area contributed by atoms with Crippen molar-refractivity contribution in [3.8, 4) is 6.07 Å². The molecule has 0 aromatic carbocycles. The lowest BCUT2D eigenvalue weighted by molar-refractivity contribution is -0.127. The Labute approximate surface area is 98.9 Å². The molecule has 0 aliphatic rings. The van der Waals surface area contributed by atoms with Gasteiger partial charge in [0, 0.05) is 20.3 Å². The zero-order valence-electron chi connectivity index (χ0n) is 9.60. The fraction of sp³-hybridized carbons (Fsp3) is 0.273. The molecule has 17 heavy (non-hydrogen) atoms. The summed E-state index contributed by atoms with van der Waals surface area (Å²) >= 11 is 0. The standard InChI is InChI=1S/C11H12N4O2/c1-15(2)10(16)7-14-11(17)9-4-3-8(5-12)6-13-9/h3-4,6H,7H2,1-2H3,(H,14,17). The molecule has 0 bridgehead atoms. The molecule has 1 aromatic rings. The Hall–Kier alpha value is -2.42. The zero-order valence-corrected chi connectivity index (χ0v) is 9.60. The lowest BCUT2D eigenvalue weighted by Crippen LogP contribution is -2.36. The van der Waals surface area contributed by atoms with Gasteiger partial charge in [-0.1, -0.05) is 0 Å². The fourth-order valence-corrected chi connectivity index (χ4v) is 0.999. The Balaban J connectivity index is 2.59. The summed E-state index contributed by atoms with van der Waals surface area (Å²) in [4.78, 5) is 28.0. The van der Waals surface area contributed by atoms with Gasteiger partial charge in [0.1, 0.15) is 11.8 Å². The summed E-state index contributed by atoms with van der Waals surface area (Å²) in [6.07, 6.45) is 1.31. The number of pyridine rings is 1. The third kappa shape index (κ3) is 3.57. The monoisotopic (exact) mass is 232 g/mol. The number of carbonyl (C=O) groups is 2. The van der Waals surface area contributed by atoms with E-state index in [2.05, 4.69) is 10.3 Å². The largest absolute Gasteiger partial charge is 0.347 e. The van der Waals surface area contributed by atoms with Crippen molar-refractivity contribution in [1.29, 1.82) is 5.26 Å². The predicted octanol–water partition coefficient (Wildman–Crippen LogP) is -0.229. The van der Waals surface area contributed by atoms with Crippen LogP contribution in [0.25, 0.3) is 0 Å². The van der Waals surface area contributed by atoms with E-state index >= 15 is 0 Å². The Morgan fingerprint density at radius 2 is 2.18 bits per heavy atom. The molecule has 0 saturated carbocycles. The second-order valence-electron chi connectivity index (χ2n) is 3.51. The summed E-state index contributed by atoms with van der Waals surface area (Å²) in [6.45, 7) is -0.0759. The maximum absolute atomic E-state index is 11.5. The topological polar surface area (TPSA) is 86.1 Å². The molecule has 0 aliphatic carbocycles. The quantitative estimate of drug-likeness (QED) is 0.780. The molecule has 0 saturated heterocycles. The summed E-state index contributed by atoms with van der Waals surface area (Å²) in [5.41, 5.74) is 0.557. The van der Waals surface area contributed by atoms with Crippen LogP contribution in [0.15, 0.2) is 18.3 Å². The van der Waals surface area contributed by atoms with Crippen LogP contribution in [0.5, 0.6) is 0 Å². The molecule has 2 amide bonds. The number of hydrogen-bond donors (Lipinski definition) is 1. The number of nitrogens with zero attached hydrogens (tertiary/aromatic N) is 3. The van der Waals surface area contributed by atoms with Gasteiger partial charge in [-0.3, -0.25) is 9.59 Å². The molecule has 0 fully saturated rings. The summed E-state index contributed by atoms with van der Waals surface area (Å²) in [7, 11) is 3.21. The number of aromatic nitrogens is 1. The van der Waals surface area contributed by atoms with Gasteiger partial charge in [-0.25, -0.2) is 4.98 Å². The molecule has 0 aliphatic heterocycles. The molecule has 1 rings (SSSR count). The molecule has 0 radical (unpaired) electrons. The van der Waals surface area contributed by atoms with E-state index in [1.54, 1.807) is 14.1 Å². The number of hydrogen-bond acceptors (Lipinski definition) is 4. The highest BCUT2D eigenvalue weighted by Gasteiger charge is 2.10. The van der Waals surface area contributed by atoms with Crippen molar-refractivity contribution in [2.45, 2.75) is 0 Å². The lowest BCUT2D eigenvalue weighted by atomic mass is 10.2. The van der Waals surface area contributed by atoms with Crippen molar-refractivity contribution in [2.24, 2.45) is 0 Å². The van der Waals surface area contributed by atoms with Crippen molar-refractivity contribution in [1.82, 2.24) is 15.2 Å². The van der Waals surface area contributed by atoms with Crippen LogP contribution in [0.3, 0.4) is 0 Å². The van der Waals surface area contributed by atoms with Gasteiger partial charge in [0.25, 0.3) is 5.91 Å². The minimum absolute atomic E-state index is 0.0759. The smallest absolute Gasteiger partial charge is 0.270 e. The molecule has 1 aromatic heterocycles. The average Bonchev–Trinajstić information content (AvgIpc) is 2.35. The zero-order chi connectivity index (χ0) is 12.8. The first kappa shape index (κ1) is 12.6. The minimum atomic E-state index is -0.440. The average molecular weight is 232 g/mol. The van der Waals surface area contributed by atoms with Crippen LogP contribution in [0.1, 0.15) is 16.1 Å². The number of likely N-dealkylation sites (N-methyl/N-ethyl adjacent to an activating group) is 1. The summed E-state index contributed by atoms with van der Waals surface area (Å²) < 4.78 is 0.